The molecule has 0 aliphatic heterocycles. The van der Waals surface area contributed by atoms with Gasteiger partial charge in [-0.15, -0.1) is 11.3 Å². The van der Waals surface area contributed by atoms with Crippen LogP contribution in [-0.4, -0.2) is 29.0 Å². The first kappa shape index (κ1) is 18.2. The van der Waals surface area contributed by atoms with E-state index in [0.717, 1.165) is 21.5 Å². The molecule has 0 atom stereocenters. The molecule has 1 N–H and O–H groups in total. The Labute approximate surface area is 166 Å². The molecule has 7 heteroatoms. The molecule has 0 unspecified atom stereocenters. The summed E-state index contributed by atoms with van der Waals surface area (Å²) >= 11 is 1.45. The van der Waals surface area contributed by atoms with Crippen LogP contribution in [0.3, 0.4) is 0 Å². The topological polar surface area (TPSA) is 77.2 Å². The maximum atomic E-state index is 12.4. The molecule has 0 aliphatic rings. The van der Waals surface area contributed by atoms with Gasteiger partial charge in [0.15, 0.2) is 10.8 Å². The van der Waals surface area contributed by atoms with E-state index >= 15 is 0 Å². The second-order valence-electron chi connectivity index (χ2n) is 6.19. The van der Waals surface area contributed by atoms with Gasteiger partial charge in [-0.05, 0) is 37.6 Å². The molecule has 1 aromatic carbocycles. The van der Waals surface area contributed by atoms with E-state index < -0.39 is 0 Å². The maximum absolute atomic E-state index is 12.4. The van der Waals surface area contributed by atoms with E-state index in [0.29, 0.717) is 36.0 Å². The number of hydrogen-bond donors (Lipinski definition) is 1. The van der Waals surface area contributed by atoms with Crippen LogP contribution in [-0.2, 0) is 0 Å². The van der Waals surface area contributed by atoms with Crippen LogP contribution in [0.5, 0.6) is 5.75 Å². The molecule has 0 spiro atoms. The van der Waals surface area contributed by atoms with E-state index in [9.17, 15) is 4.79 Å². The number of carbonyl (C=O) groups excluding carboxylic acids is 1. The van der Waals surface area contributed by atoms with Crippen LogP contribution in [0.15, 0.2) is 59.3 Å². The second kappa shape index (κ2) is 8.22. The lowest BCUT2D eigenvalue weighted by Gasteiger charge is -2.09. The number of ether oxygens (including phenoxy) is 1. The van der Waals surface area contributed by atoms with E-state index in [4.69, 9.17) is 9.15 Å². The smallest absolute Gasteiger partial charge is 0.271 e. The molecule has 0 aliphatic carbocycles. The van der Waals surface area contributed by atoms with Crippen molar-refractivity contribution in [3.8, 4) is 16.5 Å². The monoisotopic (exact) mass is 393 g/mol. The minimum absolute atomic E-state index is 0.182. The van der Waals surface area contributed by atoms with Crippen LogP contribution < -0.4 is 10.1 Å². The summed E-state index contributed by atoms with van der Waals surface area (Å²) in [5.41, 5.74) is 1.29. The third-order valence-electron chi connectivity index (χ3n) is 4.20. The Morgan fingerprint density at radius 1 is 1.21 bits per heavy atom. The Kier molecular flexibility index (Phi) is 5.34. The molecular weight excluding hydrogens is 374 g/mol. The summed E-state index contributed by atoms with van der Waals surface area (Å²) < 4.78 is 11.2. The lowest BCUT2D eigenvalue weighted by Crippen LogP contribution is -2.26. The molecule has 4 aromatic rings. The van der Waals surface area contributed by atoms with Crippen molar-refractivity contribution in [1.82, 2.24) is 15.3 Å². The number of thiazole rings is 1. The number of carbonyl (C=O) groups is 1. The summed E-state index contributed by atoms with van der Waals surface area (Å²) in [4.78, 5) is 22.0. The number of benzene rings is 1. The lowest BCUT2D eigenvalue weighted by molar-refractivity contribution is 0.0947. The molecule has 0 saturated carbocycles. The van der Waals surface area contributed by atoms with E-state index in [1.54, 1.807) is 18.5 Å². The number of furan rings is 1. The van der Waals surface area contributed by atoms with Gasteiger partial charge in [0.1, 0.15) is 17.0 Å². The molecule has 6 nitrogen and oxygen atoms in total. The Bertz CT molecular complexity index is 1080. The number of rotatable bonds is 7. The number of nitrogens with one attached hydrogen (secondary N) is 1. The zero-order valence-corrected chi connectivity index (χ0v) is 16.2. The van der Waals surface area contributed by atoms with E-state index in [1.165, 1.54) is 11.3 Å². The fourth-order valence-electron chi connectivity index (χ4n) is 2.85. The summed E-state index contributed by atoms with van der Waals surface area (Å²) in [6, 6.07) is 13.4. The summed E-state index contributed by atoms with van der Waals surface area (Å²) in [5.74, 6) is 1.24. The summed E-state index contributed by atoms with van der Waals surface area (Å²) in [7, 11) is 0. The molecule has 0 fully saturated rings. The van der Waals surface area contributed by atoms with Crippen molar-refractivity contribution >= 4 is 28.1 Å². The van der Waals surface area contributed by atoms with Crippen LogP contribution in [0.1, 0.15) is 21.8 Å². The van der Waals surface area contributed by atoms with E-state index in [1.807, 2.05) is 43.3 Å². The molecule has 0 radical (unpaired) electrons. The molecule has 0 bridgehead atoms. The maximum Gasteiger partial charge on any atom is 0.271 e. The molecule has 1 amide bonds. The first-order chi connectivity index (χ1) is 13.7. The molecule has 3 aromatic heterocycles. The van der Waals surface area contributed by atoms with Gasteiger partial charge in [0.05, 0.1) is 12.9 Å². The lowest BCUT2D eigenvalue weighted by atomic mass is 10.2. The molecule has 142 valence electrons. The van der Waals surface area contributed by atoms with Crippen molar-refractivity contribution in [2.24, 2.45) is 0 Å². The zero-order valence-electron chi connectivity index (χ0n) is 15.3. The van der Waals surface area contributed by atoms with Crippen molar-refractivity contribution in [3.05, 3.63) is 65.5 Å². The highest BCUT2D eigenvalue weighted by Crippen LogP contribution is 2.28. The van der Waals surface area contributed by atoms with Crippen molar-refractivity contribution in [2.45, 2.75) is 13.3 Å². The molecule has 4 rings (SSSR count). The Morgan fingerprint density at radius 3 is 2.96 bits per heavy atom. The van der Waals surface area contributed by atoms with Crippen LogP contribution in [0.2, 0.25) is 0 Å². The van der Waals surface area contributed by atoms with Gasteiger partial charge in [0.2, 0.25) is 0 Å². The predicted molar refractivity (Wildman–Crippen MR) is 109 cm³/mol. The van der Waals surface area contributed by atoms with Crippen LogP contribution in [0.25, 0.3) is 21.7 Å². The van der Waals surface area contributed by atoms with Crippen LogP contribution in [0.4, 0.5) is 0 Å². The average Bonchev–Trinajstić information content (AvgIpc) is 3.37. The Hall–Kier alpha value is -3.19. The Balaban J connectivity index is 1.29. The first-order valence-corrected chi connectivity index (χ1v) is 9.80. The van der Waals surface area contributed by atoms with Gasteiger partial charge in [-0.3, -0.25) is 9.78 Å². The van der Waals surface area contributed by atoms with Crippen molar-refractivity contribution in [2.75, 3.05) is 13.2 Å². The van der Waals surface area contributed by atoms with Gasteiger partial charge >= 0.3 is 0 Å². The number of hydrogen-bond acceptors (Lipinski definition) is 6. The van der Waals surface area contributed by atoms with Gasteiger partial charge < -0.3 is 14.5 Å². The zero-order chi connectivity index (χ0) is 19.3. The van der Waals surface area contributed by atoms with E-state index in [2.05, 4.69) is 15.3 Å². The number of aromatic nitrogens is 2. The third-order valence-corrected chi connectivity index (χ3v) is 5.19. The third kappa shape index (κ3) is 3.89. The summed E-state index contributed by atoms with van der Waals surface area (Å²) in [6.45, 7) is 2.88. The quantitative estimate of drug-likeness (QED) is 0.469. The number of para-hydroxylation sites is 1. The van der Waals surface area contributed by atoms with Gasteiger partial charge in [0, 0.05) is 23.0 Å². The fourth-order valence-corrected chi connectivity index (χ4v) is 3.72. The number of aryl methyl sites for hydroxylation is 1. The molecule has 0 saturated heterocycles. The van der Waals surface area contributed by atoms with Gasteiger partial charge in [-0.2, -0.15) is 0 Å². The molecule has 3 heterocycles. The highest BCUT2D eigenvalue weighted by molar-refractivity contribution is 7.15. The predicted octanol–water partition coefficient (Wildman–Crippen LogP) is 4.46. The second-order valence-corrected chi connectivity index (χ2v) is 7.39. The number of fused-ring (bicyclic) bond motifs is 1. The highest BCUT2D eigenvalue weighted by Gasteiger charge is 2.17. The molecule has 28 heavy (non-hydrogen) atoms. The van der Waals surface area contributed by atoms with Crippen molar-refractivity contribution < 1.29 is 13.9 Å². The van der Waals surface area contributed by atoms with Gasteiger partial charge in [-0.1, -0.05) is 18.2 Å². The standard InChI is InChI=1S/C21H19N3O3S/c1-14-18(24-21(28-14)17-9-4-12-27-17)20(25)23-11-5-13-26-16-8-2-6-15-7-3-10-22-19(15)16/h2-4,6-10,12H,5,11,13H2,1H3,(H,23,25). The van der Waals surface area contributed by atoms with Crippen LogP contribution in [0, 0.1) is 6.92 Å². The first-order valence-electron chi connectivity index (χ1n) is 8.98. The molecular formula is C21H19N3O3S. The van der Waals surface area contributed by atoms with Crippen LogP contribution >= 0.6 is 11.3 Å². The van der Waals surface area contributed by atoms with Gasteiger partial charge in [-0.25, -0.2) is 4.98 Å². The number of nitrogens with zero attached hydrogens (tertiary/aromatic N) is 2. The average molecular weight is 393 g/mol. The SMILES string of the molecule is Cc1sc(-c2ccco2)nc1C(=O)NCCCOc1cccc2cccnc12. The normalized spacial score (nSPS) is 10.9. The minimum atomic E-state index is -0.182. The Morgan fingerprint density at radius 2 is 2.11 bits per heavy atom. The van der Waals surface area contributed by atoms with E-state index in [-0.39, 0.29) is 5.91 Å². The number of amides is 1. The largest absolute Gasteiger partial charge is 0.491 e. The minimum Gasteiger partial charge on any atom is -0.491 e. The van der Waals surface area contributed by atoms with Crippen molar-refractivity contribution in [1.29, 1.82) is 0 Å². The van der Waals surface area contributed by atoms with Crippen molar-refractivity contribution in [3.63, 3.8) is 0 Å². The summed E-state index contributed by atoms with van der Waals surface area (Å²) in [6.07, 6.45) is 4.03. The highest BCUT2D eigenvalue weighted by atomic mass is 32.1. The summed E-state index contributed by atoms with van der Waals surface area (Å²) in [5, 5.41) is 4.65. The van der Waals surface area contributed by atoms with Gasteiger partial charge in [0.25, 0.3) is 5.91 Å². The number of pyridine rings is 1. The fraction of sp³-hybridized carbons (Fsp3) is 0.190.